The van der Waals surface area contributed by atoms with Crippen molar-refractivity contribution in [3.63, 3.8) is 0 Å². The Morgan fingerprint density at radius 3 is 2.16 bits per heavy atom. The fourth-order valence-electron chi connectivity index (χ4n) is 3.57. The molecule has 0 saturated carbocycles. The molecule has 5 heteroatoms. The molecule has 1 unspecified atom stereocenters. The number of aliphatic hydroxyl groups is 1. The highest BCUT2D eigenvalue weighted by Gasteiger charge is 2.35. The molecule has 0 aliphatic carbocycles. The highest BCUT2D eigenvalue weighted by Crippen LogP contribution is 2.29. The van der Waals surface area contributed by atoms with E-state index in [0.29, 0.717) is 36.8 Å². The summed E-state index contributed by atoms with van der Waals surface area (Å²) >= 11 is 0. The summed E-state index contributed by atoms with van der Waals surface area (Å²) in [5.41, 5.74) is 2.11. The SMILES string of the molecule is O=C(CCc1ccccc1)NCC(O)(CCc1ccccc1)c1nc2ccccc2o1. The van der Waals surface area contributed by atoms with Gasteiger partial charge >= 0.3 is 0 Å². The highest BCUT2D eigenvalue weighted by atomic mass is 16.4. The number of para-hydroxylation sites is 2. The summed E-state index contributed by atoms with van der Waals surface area (Å²) in [4.78, 5) is 17.0. The topological polar surface area (TPSA) is 75.4 Å². The van der Waals surface area contributed by atoms with Gasteiger partial charge in [-0.2, -0.15) is 0 Å². The first-order valence-electron chi connectivity index (χ1n) is 10.6. The highest BCUT2D eigenvalue weighted by molar-refractivity contribution is 5.76. The van der Waals surface area contributed by atoms with E-state index in [4.69, 9.17) is 4.42 Å². The summed E-state index contributed by atoms with van der Waals surface area (Å²) in [7, 11) is 0. The van der Waals surface area contributed by atoms with Gasteiger partial charge in [-0.3, -0.25) is 4.79 Å². The van der Waals surface area contributed by atoms with Crippen LogP contribution >= 0.6 is 0 Å². The van der Waals surface area contributed by atoms with Crippen molar-refractivity contribution in [3.8, 4) is 0 Å². The van der Waals surface area contributed by atoms with Gasteiger partial charge in [0.25, 0.3) is 0 Å². The lowest BCUT2D eigenvalue weighted by Gasteiger charge is -2.25. The van der Waals surface area contributed by atoms with Gasteiger partial charge in [0.15, 0.2) is 11.2 Å². The van der Waals surface area contributed by atoms with E-state index in [0.717, 1.165) is 11.1 Å². The molecular formula is C26H26N2O3. The molecule has 4 aromatic rings. The summed E-state index contributed by atoms with van der Waals surface area (Å²) < 4.78 is 5.87. The number of oxazole rings is 1. The fraction of sp³-hybridized carbons (Fsp3) is 0.231. The van der Waals surface area contributed by atoms with Crippen molar-refractivity contribution in [1.82, 2.24) is 10.3 Å². The van der Waals surface area contributed by atoms with E-state index in [1.165, 1.54) is 0 Å². The number of hydrogen-bond donors (Lipinski definition) is 2. The zero-order valence-corrected chi connectivity index (χ0v) is 17.3. The van der Waals surface area contributed by atoms with Crippen molar-refractivity contribution in [2.45, 2.75) is 31.3 Å². The van der Waals surface area contributed by atoms with Crippen molar-refractivity contribution in [3.05, 3.63) is 102 Å². The number of aryl methyl sites for hydroxylation is 2. The normalized spacial score (nSPS) is 13.1. The average molecular weight is 415 g/mol. The van der Waals surface area contributed by atoms with E-state index in [9.17, 15) is 9.90 Å². The van der Waals surface area contributed by atoms with Crippen molar-refractivity contribution in [2.75, 3.05) is 6.54 Å². The number of nitrogens with zero attached hydrogens (tertiary/aromatic N) is 1. The van der Waals surface area contributed by atoms with E-state index in [1.54, 1.807) is 0 Å². The Morgan fingerprint density at radius 1 is 0.871 bits per heavy atom. The maximum absolute atomic E-state index is 12.5. The molecule has 0 aliphatic rings. The zero-order valence-electron chi connectivity index (χ0n) is 17.3. The van der Waals surface area contributed by atoms with Crippen LogP contribution in [0.3, 0.4) is 0 Å². The van der Waals surface area contributed by atoms with E-state index in [2.05, 4.69) is 10.3 Å². The molecule has 0 saturated heterocycles. The molecule has 158 valence electrons. The van der Waals surface area contributed by atoms with Crippen LogP contribution < -0.4 is 5.32 Å². The van der Waals surface area contributed by atoms with Gasteiger partial charge in [0.1, 0.15) is 5.52 Å². The van der Waals surface area contributed by atoms with Crippen LogP contribution in [0.1, 0.15) is 29.9 Å². The molecule has 0 aliphatic heterocycles. The first-order chi connectivity index (χ1) is 15.1. The van der Waals surface area contributed by atoms with Gasteiger partial charge in [-0.05, 0) is 42.5 Å². The van der Waals surface area contributed by atoms with Crippen LogP contribution in [0, 0.1) is 0 Å². The maximum atomic E-state index is 12.5. The van der Waals surface area contributed by atoms with Crippen LogP contribution in [0.15, 0.2) is 89.3 Å². The third-order valence-electron chi connectivity index (χ3n) is 5.42. The molecule has 2 N–H and O–H groups in total. The van der Waals surface area contributed by atoms with Gasteiger partial charge in [-0.15, -0.1) is 0 Å². The van der Waals surface area contributed by atoms with Crippen LogP contribution in [-0.4, -0.2) is 22.5 Å². The first-order valence-corrected chi connectivity index (χ1v) is 10.6. The third kappa shape index (κ3) is 5.38. The number of hydrogen-bond acceptors (Lipinski definition) is 4. The van der Waals surface area contributed by atoms with Crippen LogP contribution in [0.25, 0.3) is 11.1 Å². The minimum absolute atomic E-state index is 0.0419. The molecule has 0 bridgehead atoms. The Hall–Kier alpha value is -3.44. The maximum Gasteiger partial charge on any atom is 0.229 e. The number of rotatable bonds is 9. The van der Waals surface area contributed by atoms with Crippen LogP contribution in [0.5, 0.6) is 0 Å². The predicted octanol–water partition coefficient (Wildman–Crippen LogP) is 4.40. The Morgan fingerprint density at radius 2 is 1.48 bits per heavy atom. The summed E-state index contributed by atoms with van der Waals surface area (Å²) in [6, 6.07) is 27.2. The minimum atomic E-state index is -1.41. The van der Waals surface area contributed by atoms with Crippen molar-refractivity contribution < 1.29 is 14.3 Å². The number of fused-ring (bicyclic) bond motifs is 1. The van der Waals surface area contributed by atoms with Crippen LogP contribution in [0.4, 0.5) is 0 Å². The quantitative estimate of drug-likeness (QED) is 0.426. The fourth-order valence-corrected chi connectivity index (χ4v) is 3.57. The molecule has 5 nitrogen and oxygen atoms in total. The molecule has 1 amide bonds. The Labute approximate surface area is 181 Å². The van der Waals surface area contributed by atoms with Gasteiger partial charge in [0.2, 0.25) is 11.8 Å². The molecular weight excluding hydrogens is 388 g/mol. The number of aromatic nitrogens is 1. The van der Waals surface area contributed by atoms with E-state index in [1.807, 2.05) is 84.9 Å². The lowest BCUT2D eigenvalue weighted by atomic mass is 9.94. The molecule has 1 aromatic heterocycles. The van der Waals surface area contributed by atoms with Crippen molar-refractivity contribution >= 4 is 17.0 Å². The van der Waals surface area contributed by atoms with Crippen LogP contribution in [-0.2, 0) is 23.2 Å². The predicted molar refractivity (Wildman–Crippen MR) is 120 cm³/mol. The van der Waals surface area contributed by atoms with Crippen LogP contribution in [0.2, 0.25) is 0 Å². The second kappa shape index (κ2) is 9.58. The Kier molecular flexibility index (Phi) is 6.43. The number of amides is 1. The second-order valence-corrected chi connectivity index (χ2v) is 7.77. The van der Waals surface area contributed by atoms with Gasteiger partial charge in [-0.1, -0.05) is 72.8 Å². The number of benzene rings is 3. The lowest BCUT2D eigenvalue weighted by Crippen LogP contribution is -2.41. The Balaban J connectivity index is 1.46. The molecule has 3 aromatic carbocycles. The molecule has 31 heavy (non-hydrogen) atoms. The minimum Gasteiger partial charge on any atom is -0.437 e. The number of nitrogens with one attached hydrogen (secondary N) is 1. The molecule has 1 heterocycles. The molecule has 0 radical (unpaired) electrons. The summed E-state index contributed by atoms with van der Waals surface area (Å²) in [6.07, 6.45) is 2.02. The molecule has 0 fully saturated rings. The largest absolute Gasteiger partial charge is 0.437 e. The standard InChI is InChI=1S/C26H26N2O3/c29-24(16-15-20-9-3-1-4-10-20)27-19-26(30,18-17-21-11-5-2-6-12-21)25-28-22-13-7-8-14-23(22)31-25/h1-14,30H,15-19H2,(H,27,29). The summed E-state index contributed by atoms with van der Waals surface area (Å²) in [6.45, 7) is 0.0419. The third-order valence-corrected chi connectivity index (χ3v) is 5.42. The van der Waals surface area contributed by atoms with E-state index in [-0.39, 0.29) is 18.3 Å². The molecule has 0 spiro atoms. The smallest absolute Gasteiger partial charge is 0.229 e. The van der Waals surface area contributed by atoms with E-state index < -0.39 is 5.60 Å². The van der Waals surface area contributed by atoms with E-state index >= 15 is 0 Å². The summed E-state index contributed by atoms with van der Waals surface area (Å²) in [5.74, 6) is 0.117. The summed E-state index contributed by atoms with van der Waals surface area (Å²) in [5, 5.41) is 14.4. The van der Waals surface area contributed by atoms with Gasteiger partial charge in [0.05, 0.1) is 6.54 Å². The zero-order chi connectivity index (χ0) is 21.5. The van der Waals surface area contributed by atoms with Crippen molar-refractivity contribution in [1.29, 1.82) is 0 Å². The number of carbonyl (C=O) groups is 1. The number of carbonyl (C=O) groups excluding carboxylic acids is 1. The van der Waals surface area contributed by atoms with Gasteiger partial charge in [0, 0.05) is 6.42 Å². The molecule has 4 rings (SSSR count). The lowest BCUT2D eigenvalue weighted by molar-refractivity contribution is -0.122. The Bertz CT molecular complexity index is 1090. The van der Waals surface area contributed by atoms with Gasteiger partial charge < -0.3 is 14.8 Å². The average Bonchev–Trinajstić information content (AvgIpc) is 3.27. The van der Waals surface area contributed by atoms with Crippen molar-refractivity contribution in [2.24, 2.45) is 0 Å². The monoisotopic (exact) mass is 414 g/mol. The molecule has 1 atom stereocenters. The van der Waals surface area contributed by atoms with Gasteiger partial charge in [-0.25, -0.2) is 4.98 Å². The first kappa shape index (κ1) is 20.8. The second-order valence-electron chi connectivity index (χ2n) is 7.77.